The number of aliphatic carboxylic acids is 2. The number of fused-ring (bicyclic) bond motifs is 3. The number of aromatic amines is 1. The fourth-order valence-corrected chi connectivity index (χ4v) is 6.10. The van der Waals surface area contributed by atoms with E-state index in [1.807, 2.05) is 19.2 Å². The summed E-state index contributed by atoms with van der Waals surface area (Å²) in [5.74, 6) is -2.61. The van der Waals surface area contributed by atoms with Crippen LogP contribution in [0.15, 0.2) is 48.7 Å². The van der Waals surface area contributed by atoms with E-state index >= 15 is 0 Å². The minimum Gasteiger partial charge on any atom is -0.481 e. The molecule has 11 heteroatoms. The number of aliphatic hydroxyl groups excluding tert-OH is 1. The van der Waals surface area contributed by atoms with Gasteiger partial charge < -0.3 is 30.8 Å². The molecule has 5 rings (SSSR count). The lowest BCUT2D eigenvalue weighted by Crippen LogP contribution is -2.58. The van der Waals surface area contributed by atoms with Gasteiger partial charge in [0.15, 0.2) is 6.10 Å². The zero-order chi connectivity index (χ0) is 28.2. The van der Waals surface area contributed by atoms with Gasteiger partial charge in [-0.2, -0.15) is 0 Å². The average Bonchev–Trinajstić information content (AvgIpc) is 3.30. The van der Waals surface area contributed by atoms with Crippen LogP contribution < -0.4 is 5.73 Å². The Hall–Kier alpha value is -3.80. The van der Waals surface area contributed by atoms with Gasteiger partial charge in [-0.15, -0.1) is 0 Å². The Morgan fingerprint density at radius 1 is 1.15 bits per heavy atom. The number of pyridine rings is 1. The molecule has 3 aromatic rings. The van der Waals surface area contributed by atoms with Crippen LogP contribution >= 0.6 is 0 Å². The minimum absolute atomic E-state index is 0.308. The van der Waals surface area contributed by atoms with Gasteiger partial charge in [0, 0.05) is 56.0 Å². The molecule has 0 radical (unpaired) electrons. The molecule has 1 amide bonds. The van der Waals surface area contributed by atoms with Crippen molar-refractivity contribution in [1.82, 2.24) is 14.9 Å². The van der Waals surface area contributed by atoms with Crippen molar-refractivity contribution in [3.05, 3.63) is 65.6 Å². The number of primary amides is 1. The standard InChI is InChI=1S/C24H28N4O2.C4H6O5/c1-30-24(17-9-10-26-22(12-17)23(25)29)18-6-4-7-19(24)14-28(13-18)15-20-11-16-5-2-3-8-21(16)27-20;5-2(4(8)9)1-3(6)7/h2-3,5,8-12,18-19,27H,4,6-7,13-15H2,1H3,(H2,25,29);2,5H,1H2,(H,6,7)(H,8,9). The van der Waals surface area contributed by atoms with Gasteiger partial charge in [-0.3, -0.25) is 19.5 Å². The maximum absolute atomic E-state index is 11.7. The van der Waals surface area contributed by atoms with E-state index in [0.717, 1.165) is 38.0 Å². The number of aliphatic hydroxyl groups is 1. The molecule has 3 atom stereocenters. The Labute approximate surface area is 225 Å². The predicted molar refractivity (Wildman–Crippen MR) is 142 cm³/mol. The van der Waals surface area contributed by atoms with E-state index in [-0.39, 0.29) is 5.60 Å². The molecule has 1 aliphatic carbocycles. The molecule has 39 heavy (non-hydrogen) atoms. The third kappa shape index (κ3) is 6.11. The number of nitrogens with one attached hydrogen (secondary N) is 1. The van der Waals surface area contributed by atoms with Gasteiger partial charge in [0.05, 0.1) is 6.42 Å². The Kier molecular flexibility index (Phi) is 8.63. The van der Waals surface area contributed by atoms with E-state index in [1.54, 1.807) is 6.20 Å². The van der Waals surface area contributed by atoms with Crippen LogP contribution in [0.4, 0.5) is 0 Å². The zero-order valence-electron chi connectivity index (χ0n) is 21.7. The summed E-state index contributed by atoms with van der Waals surface area (Å²) in [6.45, 7) is 2.84. The number of nitrogens with zero attached hydrogens (tertiary/aromatic N) is 2. The maximum atomic E-state index is 11.7. The van der Waals surface area contributed by atoms with Gasteiger partial charge >= 0.3 is 11.9 Å². The first-order valence-electron chi connectivity index (χ1n) is 12.9. The van der Waals surface area contributed by atoms with Crippen LogP contribution in [-0.4, -0.2) is 74.3 Å². The number of carbonyl (C=O) groups excluding carboxylic acids is 1. The van der Waals surface area contributed by atoms with Crippen molar-refractivity contribution in [2.45, 2.75) is 43.9 Å². The smallest absolute Gasteiger partial charge is 0.333 e. The van der Waals surface area contributed by atoms with Crippen molar-refractivity contribution in [1.29, 1.82) is 0 Å². The van der Waals surface area contributed by atoms with Crippen LogP contribution in [-0.2, 0) is 26.5 Å². The third-order valence-corrected chi connectivity index (χ3v) is 7.71. The highest BCUT2D eigenvalue weighted by molar-refractivity contribution is 5.90. The van der Waals surface area contributed by atoms with Gasteiger partial charge in [0.1, 0.15) is 11.3 Å². The highest BCUT2D eigenvalue weighted by Gasteiger charge is 2.53. The molecular formula is C28H34N4O7. The molecule has 1 saturated heterocycles. The fourth-order valence-electron chi connectivity index (χ4n) is 6.10. The number of nitrogens with two attached hydrogens (primary N) is 1. The molecule has 2 aliphatic rings. The van der Waals surface area contributed by atoms with Gasteiger partial charge in [0.25, 0.3) is 5.91 Å². The number of aromatic nitrogens is 2. The highest BCUT2D eigenvalue weighted by Crippen LogP contribution is 2.51. The molecule has 208 valence electrons. The van der Waals surface area contributed by atoms with Crippen LogP contribution in [0.1, 0.15) is 47.4 Å². The number of H-pyrrole nitrogens is 1. The minimum atomic E-state index is -1.79. The van der Waals surface area contributed by atoms with Crippen LogP contribution in [0, 0.1) is 11.8 Å². The Morgan fingerprint density at radius 2 is 1.85 bits per heavy atom. The Balaban J connectivity index is 0.000000340. The number of piperidine rings is 1. The second-order valence-corrected chi connectivity index (χ2v) is 10.1. The first kappa shape index (κ1) is 28.2. The molecule has 2 bridgehead atoms. The molecule has 11 nitrogen and oxygen atoms in total. The Morgan fingerprint density at radius 3 is 2.41 bits per heavy atom. The molecule has 1 aromatic carbocycles. The normalized spacial score (nSPS) is 23.4. The monoisotopic (exact) mass is 538 g/mol. The largest absolute Gasteiger partial charge is 0.481 e. The van der Waals surface area contributed by atoms with Crippen molar-refractivity contribution >= 4 is 28.7 Å². The highest BCUT2D eigenvalue weighted by atomic mass is 16.5. The lowest BCUT2D eigenvalue weighted by molar-refractivity contribution is -0.170. The van der Waals surface area contributed by atoms with Crippen molar-refractivity contribution in [2.75, 3.05) is 20.2 Å². The number of ether oxygens (including phenoxy) is 1. The van der Waals surface area contributed by atoms with E-state index in [2.05, 4.69) is 45.2 Å². The van der Waals surface area contributed by atoms with Gasteiger partial charge in [-0.05, 0) is 48.1 Å². The zero-order valence-corrected chi connectivity index (χ0v) is 21.7. The van der Waals surface area contributed by atoms with Gasteiger partial charge in [-0.25, -0.2) is 4.79 Å². The summed E-state index contributed by atoms with van der Waals surface area (Å²) < 4.78 is 6.30. The summed E-state index contributed by atoms with van der Waals surface area (Å²) in [4.78, 5) is 41.4. The van der Waals surface area contributed by atoms with E-state index in [4.69, 9.17) is 25.8 Å². The maximum Gasteiger partial charge on any atom is 0.333 e. The second kappa shape index (κ2) is 11.9. The number of benzene rings is 1. The summed E-state index contributed by atoms with van der Waals surface area (Å²) in [7, 11) is 1.81. The molecule has 2 fully saturated rings. The number of hydrogen-bond donors (Lipinski definition) is 5. The average molecular weight is 539 g/mol. The number of carbonyl (C=O) groups is 3. The topological polar surface area (TPSA) is 179 Å². The van der Waals surface area contributed by atoms with Crippen LogP contribution in [0.2, 0.25) is 0 Å². The van der Waals surface area contributed by atoms with Crippen LogP contribution in [0.3, 0.4) is 0 Å². The number of likely N-dealkylation sites (tertiary alicyclic amines) is 1. The van der Waals surface area contributed by atoms with E-state index in [9.17, 15) is 14.4 Å². The number of hydrogen-bond acceptors (Lipinski definition) is 7. The van der Waals surface area contributed by atoms with Crippen LogP contribution in [0.5, 0.6) is 0 Å². The number of methoxy groups -OCH3 is 1. The molecule has 0 spiro atoms. The molecule has 6 N–H and O–H groups in total. The molecule has 2 aromatic heterocycles. The van der Waals surface area contributed by atoms with Crippen molar-refractivity contribution in [3.63, 3.8) is 0 Å². The quantitative estimate of drug-likeness (QED) is 0.288. The Bertz CT molecular complexity index is 1290. The molecular weight excluding hydrogens is 504 g/mol. The molecule has 1 aliphatic heterocycles. The molecule has 3 heterocycles. The van der Waals surface area contributed by atoms with Gasteiger partial charge in [0.2, 0.25) is 0 Å². The van der Waals surface area contributed by atoms with Crippen molar-refractivity contribution in [3.8, 4) is 0 Å². The molecule has 1 saturated carbocycles. The first-order chi connectivity index (χ1) is 18.6. The third-order valence-electron chi connectivity index (χ3n) is 7.71. The summed E-state index contributed by atoms with van der Waals surface area (Å²) in [5, 5.41) is 25.4. The number of rotatable bonds is 8. The first-order valence-corrected chi connectivity index (χ1v) is 12.9. The number of carboxylic acid groups (broad SMARTS) is 2. The summed E-state index contributed by atoms with van der Waals surface area (Å²) >= 11 is 0. The SMILES string of the molecule is COC1(c2ccnc(C(N)=O)c2)C2CCCC1CN(Cc1cc3ccccc3[nH]1)C2.O=C(O)CC(O)C(=O)O. The lowest BCUT2D eigenvalue weighted by Gasteiger charge is -2.55. The van der Waals surface area contributed by atoms with E-state index in [0.29, 0.717) is 17.5 Å². The number of carboxylic acids is 2. The lowest BCUT2D eigenvalue weighted by atomic mass is 9.62. The van der Waals surface area contributed by atoms with Crippen molar-refractivity contribution in [2.24, 2.45) is 17.6 Å². The number of amides is 1. The van der Waals surface area contributed by atoms with Crippen LogP contribution in [0.25, 0.3) is 10.9 Å². The second-order valence-electron chi connectivity index (χ2n) is 10.1. The van der Waals surface area contributed by atoms with Gasteiger partial charge in [-0.1, -0.05) is 24.6 Å². The van der Waals surface area contributed by atoms with E-state index in [1.165, 1.54) is 23.0 Å². The number of para-hydroxylation sites is 1. The van der Waals surface area contributed by atoms with E-state index < -0.39 is 30.4 Å². The summed E-state index contributed by atoms with van der Waals surface area (Å²) in [6.07, 6.45) is 2.58. The molecule has 3 unspecified atom stereocenters. The fraction of sp³-hybridized carbons (Fsp3) is 0.429. The summed E-state index contributed by atoms with van der Waals surface area (Å²) in [6, 6.07) is 14.5. The predicted octanol–water partition coefficient (Wildman–Crippen LogP) is 2.34. The van der Waals surface area contributed by atoms with Crippen molar-refractivity contribution < 1.29 is 34.4 Å². The summed E-state index contributed by atoms with van der Waals surface area (Å²) in [5.41, 5.74) is 8.89.